The number of amides is 1. The molecule has 0 aliphatic carbocycles. The monoisotopic (exact) mass is 311 g/mol. The number of carbonyl (C=O) groups is 3. The van der Waals surface area contributed by atoms with Gasteiger partial charge in [-0.25, -0.2) is 4.79 Å². The quantitative estimate of drug-likeness (QED) is 0.656. The third-order valence-electron chi connectivity index (χ3n) is 3.31. The number of methoxy groups -OCH3 is 1. The van der Waals surface area contributed by atoms with Crippen LogP contribution in [0.25, 0.3) is 0 Å². The molecule has 2 aromatic rings. The topological polar surface area (TPSA) is 72.5 Å². The first-order valence-electron chi connectivity index (χ1n) is 7.14. The third-order valence-corrected chi connectivity index (χ3v) is 3.31. The van der Waals surface area contributed by atoms with E-state index in [0.29, 0.717) is 11.1 Å². The van der Waals surface area contributed by atoms with Gasteiger partial charge in [-0.05, 0) is 12.1 Å². The molecule has 1 atom stereocenters. The maximum absolute atomic E-state index is 12.2. The van der Waals surface area contributed by atoms with Gasteiger partial charge in [0.2, 0.25) is 0 Å². The van der Waals surface area contributed by atoms with Crippen molar-refractivity contribution in [3.05, 3.63) is 71.8 Å². The van der Waals surface area contributed by atoms with Crippen LogP contribution in [0.1, 0.15) is 27.1 Å². The van der Waals surface area contributed by atoms with E-state index in [4.69, 9.17) is 0 Å². The van der Waals surface area contributed by atoms with Crippen molar-refractivity contribution in [2.75, 3.05) is 7.11 Å². The number of nitrogens with one attached hydrogen (secondary N) is 1. The van der Waals surface area contributed by atoms with Crippen molar-refractivity contribution in [2.45, 2.75) is 12.5 Å². The fraction of sp³-hybridized carbons (Fsp3) is 0.167. The Morgan fingerprint density at radius 3 is 1.96 bits per heavy atom. The minimum absolute atomic E-state index is 0.157. The number of hydrogen-bond acceptors (Lipinski definition) is 4. The Balaban J connectivity index is 2.10. The van der Waals surface area contributed by atoms with Crippen molar-refractivity contribution in [1.29, 1.82) is 0 Å². The minimum atomic E-state index is -1.03. The molecule has 0 spiro atoms. The SMILES string of the molecule is COC(=O)C(CC(=O)c1ccccc1)NC(=O)c1ccccc1. The molecule has 0 saturated carbocycles. The lowest BCUT2D eigenvalue weighted by Gasteiger charge is -2.16. The molecule has 0 bridgehead atoms. The van der Waals surface area contributed by atoms with Gasteiger partial charge in [0.15, 0.2) is 5.78 Å². The standard InChI is InChI=1S/C18H17NO4/c1-23-18(22)15(12-16(20)13-8-4-2-5-9-13)19-17(21)14-10-6-3-7-11-14/h2-11,15H,12H2,1H3,(H,19,21). The number of rotatable bonds is 6. The Hall–Kier alpha value is -2.95. The Kier molecular flexibility index (Phi) is 5.63. The second kappa shape index (κ2) is 7.89. The van der Waals surface area contributed by atoms with Gasteiger partial charge in [-0.1, -0.05) is 48.5 Å². The Morgan fingerprint density at radius 2 is 1.43 bits per heavy atom. The van der Waals surface area contributed by atoms with E-state index >= 15 is 0 Å². The van der Waals surface area contributed by atoms with Crippen molar-refractivity contribution < 1.29 is 19.1 Å². The van der Waals surface area contributed by atoms with Crippen LogP contribution >= 0.6 is 0 Å². The highest BCUT2D eigenvalue weighted by Gasteiger charge is 2.25. The first-order valence-corrected chi connectivity index (χ1v) is 7.14. The number of benzene rings is 2. The Bertz CT molecular complexity index is 629. The molecule has 0 heterocycles. The second-order valence-electron chi connectivity index (χ2n) is 4.91. The zero-order chi connectivity index (χ0) is 16.7. The molecule has 1 unspecified atom stereocenters. The van der Waals surface area contributed by atoms with Gasteiger partial charge in [-0.15, -0.1) is 0 Å². The number of ether oxygens (including phenoxy) is 1. The Labute approximate surface area is 134 Å². The van der Waals surface area contributed by atoms with Crippen LogP contribution in [0.15, 0.2) is 60.7 Å². The van der Waals surface area contributed by atoms with Crippen LogP contribution in [0.3, 0.4) is 0 Å². The van der Waals surface area contributed by atoms with E-state index < -0.39 is 17.9 Å². The average molecular weight is 311 g/mol. The molecule has 0 aromatic heterocycles. The van der Waals surface area contributed by atoms with Gasteiger partial charge in [0.25, 0.3) is 5.91 Å². The molecule has 5 heteroatoms. The molecule has 2 rings (SSSR count). The van der Waals surface area contributed by atoms with Crippen LogP contribution in [-0.2, 0) is 9.53 Å². The Morgan fingerprint density at radius 1 is 0.913 bits per heavy atom. The summed E-state index contributed by atoms with van der Waals surface area (Å²) >= 11 is 0. The summed E-state index contributed by atoms with van der Waals surface area (Å²) in [7, 11) is 1.22. The summed E-state index contributed by atoms with van der Waals surface area (Å²) in [5.41, 5.74) is 0.893. The fourth-order valence-corrected chi connectivity index (χ4v) is 2.09. The van der Waals surface area contributed by atoms with Gasteiger partial charge in [-0.2, -0.15) is 0 Å². The second-order valence-corrected chi connectivity index (χ2v) is 4.91. The van der Waals surface area contributed by atoms with E-state index in [2.05, 4.69) is 10.1 Å². The predicted octanol–water partition coefficient (Wildman–Crippen LogP) is 2.23. The van der Waals surface area contributed by atoms with E-state index in [9.17, 15) is 14.4 Å². The number of esters is 1. The lowest BCUT2D eigenvalue weighted by atomic mass is 10.0. The van der Waals surface area contributed by atoms with Crippen molar-refractivity contribution >= 4 is 17.7 Å². The zero-order valence-electron chi connectivity index (χ0n) is 12.7. The van der Waals surface area contributed by atoms with Crippen LogP contribution in [0.4, 0.5) is 0 Å². The molecule has 0 aliphatic heterocycles. The molecule has 1 N–H and O–H groups in total. The third kappa shape index (κ3) is 4.51. The highest BCUT2D eigenvalue weighted by molar-refractivity contribution is 6.01. The van der Waals surface area contributed by atoms with Gasteiger partial charge in [0, 0.05) is 17.5 Å². The first-order chi connectivity index (χ1) is 11.1. The van der Waals surface area contributed by atoms with Gasteiger partial charge in [0.05, 0.1) is 7.11 Å². The molecular weight excluding hydrogens is 294 g/mol. The van der Waals surface area contributed by atoms with Crippen LogP contribution in [0.5, 0.6) is 0 Å². The summed E-state index contributed by atoms with van der Waals surface area (Å²) in [6, 6.07) is 16.1. The van der Waals surface area contributed by atoms with Crippen molar-refractivity contribution in [3.63, 3.8) is 0 Å². The lowest BCUT2D eigenvalue weighted by Crippen LogP contribution is -2.43. The van der Waals surface area contributed by atoms with Crippen LogP contribution in [0.2, 0.25) is 0 Å². The van der Waals surface area contributed by atoms with Crippen LogP contribution in [0, 0.1) is 0 Å². The molecule has 2 aromatic carbocycles. The van der Waals surface area contributed by atoms with Gasteiger partial charge < -0.3 is 10.1 Å². The van der Waals surface area contributed by atoms with Gasteiger partial charge in [-0.3, -0.25) is 9.59 Å². The van der Waals surface area contributed by atoms with Crippen molar-refractivity contribution in [3.8, 4) is 0 Å². The molecule has 0 aliphatic rings. The van der Waals surface area contributed by atoms with E-state index in [0.717, 1.165) is 0 Å². The highest BCUT2D eigenvalue weighted by atomic mass is 16.5. The molecular formula is C18H17NO4. The summed E-state index contributed by atoms with van der Waals surface area (Å²) in [4.78, 5) is 36.3. The summed E-state index contributed by atoms with van der Waals surface area (Å²) in [5.74, 6) is -1.32. The van der Waals surface area contributed by atoms with Gasteiger partial charge in [0.1, 0.15) is 6.04 Å². The zero-order valence-corrected chi connectivity index (χ0v) is 12.7. The van der Waals surface area contributed by atoms with Crippen LogP contribution < -0.4 is 5.32 Å². The molecule has 0 saturated heterocycles. The van der Waals surface area contributed by atoms with E-state index in [1.165, 1.54) is 7.11 Å². The number of ketones is 1. The molecule has 0 fully saturated rings. The molecule has 5 nitrogen and oxygen atoms in total. The lowest BCUT2D eigenvalue weighted by molar-refractivity contribution is -0.142. The summed E-state index contributed by atoms with van der Waals surface area (Å²) in [6.45, 7) is 0. The largest absolute Gasteiger partial charge is 0.467 e. The van der Waals surface area contributed by atoms with E-state index in [1.54, 1.807) is 60.7 Å². The number of carbonyl (C=O) groups excluding carboxylic acids is 3. The highest BCUT2D eigenvalue weighted by Crippen LogP contribution is 2.08. The van der Waals surface area contributed by atoms with Crippen LogP contribution in [-0.4, -0.2) is 30.8 Å². The molecule has 0 radical (unpaired) electrons. The summed E-state index contributed by atoms with van der Waals surface area (Å²) in [5, 5.41) is 2.55. The normalized spacial score (nSPS) is 11.3. The first kappa shape index (κ1) is 16.4. The molecule has 1 amide bonds. The van der Waals surface area contributed by atoms with Gasteiger partial charge >= 0.3 is 5.97 Å². The van der Waals surface area contributed by atoms with Crippen molar-refractivity contribution in [2.24, 2.45) is 0 Å². The van der Waals surface area contributed by atoms with E-state index in [1.807, 2.05) is 0 Å². The summed E-state index contributed by atoms with van der Waals surface area (Å²) in [6.07, 6.45) is -0.157. The number of Topliss-reactive ketones (excluding diaryl/α,β-unsaturated/α-hetero) is 1. The maximum atomic E-state index is 12.2. The fourth-order valence-electron chi connectivity index (χ4n) is 2.09. The molecule has 23 heavy (non-hydrogen) atoms. The van der Waals surface area contributed by atoms with Crippen molar-refractivity contribution in [1.82, 2.24) is 5.32 Å². The average Bonchev–Trinajstić information content (AvgIpc) is 2.61. The molecule has 118 valence electrons. The predicted molar refractivity (Wildman–Crippen MR) is 85.1 cm³/mol. The maximum Gasteiger partial charge on any atom is 0.328 e. The smallest absolute Gasteiger partial charge is 0.328 e. The summed E-state index contributed by atoms with van der Waals surface area (Å²) < 4.78 is 4.68. The minimum Gasteiger partial charge on any atom is -0.467 e. The van der Waals surface area contributed by atoms with E-state index in [-0.39, 0.29) is 12.2 Å². The number of hydrogen-bond donors (Lipinski definition) is 1.